The first-order chi connectivity index (χ1) is 9.02. The quantitative estimate of drug-likeness (QED) is 0.904. The highest BCUT2D eigenvalue weighted by Gasteiger charge is 2.28. The predicted octanol–water partition coefficient (Wildman–Crippen LogP) is 2.16. The molecule has 2 atom stereocenters. The fourth-order valence-electron chi connectivity index (χ4n) is 2.37. The summed E-state index contributed by atoms with van der Waals surface area (Å²) in [5.41, 5.74) is 6.49. The molecule has 1 aliphatic heterocycles. The lowest BCUT2D eigenvalue weighted by molar-refractivity contribution is 0.0661. The molecular weight excluding hydrogens is 264 g/mol. The van der Waals surface area contributed by atoms with Crippen molar-refractivity contribution < 1.29 is 9.53 Å². The van der Waals surface area contributed by atoms with Gasteiger partial charge in [-0.25, -0.2) is 0 Å². The summed E-state index contributed by atoms with van der Waals surface area (Å²) in [6, 6.07) is 5.26. The first kappa shape index (κ1) is 14.2. The van der Waals surface area contributed by atoms with E-state index in [1.165, 1.54) is 0 Å². The average molecular weight is 283 g/mol. The zero-order chi connectivity index (χ0) is 14.0. The number of amides is 1. The number of carbonyl (C=O) groups excluding carboxylic acids is 1. The summed E-state index contributed by atoms with van der Waals surface area (Å²) in [5.74, 6) is 0.818. The van der Waals surface area contributed by atoms with E-state index < -0.39 is 0 Å². The van der Waals surface area contributed by atoms with Crippen LogP contribution in [0.25, 0.3) is 0 Å². The van der Waals surface area contributed by atoms with Crippen molar-refractivity contribution in [1.82, 2.24) is 4.90 Å². The van der Waals surface area contributed by atoms with Gasteiger partial charge < -0.3 is 15.4 Å². The van der Waals surface area contributed by atoms with Gasteiger partial charge in [-0.3, -0.25) is 4.79 Å². The van der Waals surface area contributed by atoms with Gasteiger partial charge in [-0.15, -0.1) is 0 Å². The second-order valence-electron chi connectivity index (χ2n) is 5.03. The highest BCUT2D eigenvalue weighted by atomic mass is 35.5. The van der Waals surface area contributed by atoms with Crippen molar-refractivity contribution >= 4 is 17.5 Å². The van der Waals surface area contributed by atoms with E-state index in [4.69, 9.17) is 22.1 Å². The Morgan fingerprint density at radius 2 is 2.26 bits per heavy atom. The monoisotopic (exact) mass is 282 g/mol. The number of rotatable bonds is 2. The van der Waals surface area contributed by atoms with Crippen molar-refractivity contribution in [3.05, 3.63) is 28.8 Å². The molecule has 1 aromatic carbocycles. The third-order valence-electron chi connectivity index (χ3n) is 3.65. The summed E-state index contributed by atoms with van der Waals surface area (Å²) in [7, 11) is 1.55. The number of nitrogens with two attached hydrogens (primary N) is 1. The minimum absolute atomic E-state index is 0.0434. The molecule has 1 fully saturated rings. The van der Waals surface area contributed by atoms with Crippen LogP contribution in [-0.4, -0.2) is 37.0 Å². The molecule has 0 aliphatic carbocycles. The van der Waals surface area contributed by atoms with Gasteiger partial charge in [-0.1, -0.05) is 18.5 Å². The summed E-state index contributed by atoms with van der Waals surface area (Å²) in [5, 5.41) is 0.533. The van der Waals surface area contributed by atoms with Gasteiger partial charge in [0.2, 0.25) is 0 Å². The van der Waals surface area contributed by atoms with Crippen molar-refractivity contribution in [3.63, 3.8) is 0 Å². The van der Waals surface area contributed by atoms with Crippen molar-refractivity contribution in [2.24, 2.45) is 11.7 Å². The Balaban J connectivity index is 2.22. The molecule has 1 heterocycles. The average Bonchev–Trinajstić information content (AvgIpc) is 2.41. The topological polar surface area (TPSA) is 55.6 Å². The number of hydrogen-bond acceptors (Lipinski definition) is 3. The van der Waals surface area contributed by atoms with E-state index in [1.807, 2.05) is 4.90 Å². The molecule has 0 aromatic heterocycles. The molecule has 0 spiro atoms. The number of hydrogen-bond donors (Lipinski definition) is 1. The molecule has 2 unspecified atom stereocenters. The van der Waals surface area contributed by atoms with Crippen LogP contribution in [0.1, 0.15) is 23.7 Å². The fourth-order valence-corrected chi connectivity index (χ4v) is 2.54. The van der Waals surface area contributed by atoms with Gasteiger partial charge in [0.1, 0.15) is 5.75 Å². The molecule has 1 aliphatic rings. The Morgan fingerprint density at radius 1 is 1.53 bits per heavy atom. The number of benzene rings is 1. The molecule has 0 saturated carbocycles. The Kier molecular flexibility index (Phi) is 4.32. The van der Waals surface area contributed by atoms with Crippen molar-refractivity contribution in [1.29, 1.82) is 0 Å². The molecule has 1 saturated heterocycles. The van der Waals surface area contributed by atoms with Gasteiger partial charge in [0, 0.05) is 24.2 Å². The molecule has 1 aromatic rings. The lowest BCUT2D eigenvalue weighted by Crippen LogP contribution is -2.48. The molecule has 1 amide bonds. The largest absolute Gasteiger partial charge is 0.496 e. The second-order valence-corrected chi connectivity index (χ2v) is 5.46. The fraction of sp³-hybridized carbons (Fsp3) is 0.500. The summed E-state index contributed by atoms with van der Waals surface area (Å²) in [6.07, 6.45) is 0.829. The second kappa shape index (κ2) is 5.80. The zero-order valence-corrected chi connectivity index (χ0v) is 12.0. The number of piperidine rings is 1. The number of likely N-dealkylation sites (tertiary alicyclic amines) is 1. The summed E-state index contributed by atoms with van der Waals surface area (Å²) < 4.78 is 5.23. The summed E-state index contributed by atoms with van der Waals surface area (Å²) in [6.45, 7) is 3.43. The lowest BCUT2D eigenvalue weighted by Gasteiger charge is -2.35. The van der Waals surface area contributed by atoms with E-state index in [1.54, 1.807) is 25.3 Å². The Hall–Kier alpha value is -1.26. The van der Waals surface area contributed by atoms with Gasteiger partial charge in [-0.05, 0) is 30.5 Å². The van der Waals surface area contributed by atoms with Crippen LogP contribution < -0.4 is 10.5 Å². The van der Waals surface area contributed by atoms with E-state index in [9.17, 15) is 4.79 Å². The smallest absolute Gasteiger partial charge is 0.257 e. The number of halogens is 1. The Morgan fingerprint density at radius 3 is 2.89 bits per heavy atom. The Bertz CT molecular complexity index is 479. The molecule has 2 rings (SSSR count). The van der Waals surface area contributed by atoms with E-state index in [0.29, 0.717) is 35.3 Å². The number of ether oxygens (including phenoxy) is 1. The zero-order valence-electron chi connectivity index (χ0n) is 11.2. The van der Waals surface area contributed by atoms with E-state index in [-0.39, 0.29) is 11.9 Å². The SMILES string of the molecule is COc1ccc(Cl)cc1C(=O)N1CCC(N)C(C)C1. The lowest BCUT2D eigenvalue weighted by atomic mass is 9.94. The van der Waals surface area contributed by atoms with Crippen LogP contribution in [0.2, 0.25) is 5.02 Å². The van der Waals surface area contributed by atoms with Gasteiger partial charge in [-0.2, -0.15) is 0 Å². The van der Waals surface area contributed by atoms with E-state index in [0.717, 1.165) is 6.42 Å². The van der Waals surface area contributed by atoms with Crippen molar-refractivity contribution in [3.8, 4) is 5.75 Å². The van der Waals surface area contributed by atoms with E-state index in [2.05, 4.69) is 6.92 Å². The van der Waals surface area contributed by atoms with Gasteiger partial charge in [0.25, 0.3) is 5.91 Å². The molecule has 19 heavy (non-hydrogen) atoms. The van der Waals surface area contributed by atoms with Crippen molar-refractivity contribution in [2.75, 3.05) is 20.2 Å². The summed E-state index contributed by atoms with van der Waals surface area (Å²) in [4.78, 5) is 14.4. The first-order valence-corrected chi connectivity index (χ1v) is 6.79. The van der Waals surface area contributed by atoms with Crippen LogP contribution in [0, 0.1) is 5.92 Å². The van der Waals surface area contributed by atoms with Crippen LogP contribution in [0.5, 0.6) is 5.75 Å². The van der Waals surface area contributed by atoms with Crippen LogP contribution in [0.3, 0.4) is 0 Å². The highest BCUT2D eigenvalue weighted by molar-refractivity contribution is 6.31. The Labute approximate surface area is 118 Å². The standard InChI is InChI=1S/C14H19ClN2O2/c1-9-8-17(6-5-12(9)16)14(18)11-7-10(15)3-4-13(11)19-2/h3-4,7,9,12H,5-6,8,16H2,1-2H3. The maximum Gasteiger partial charge on any atom is 0.257 e. The van der Waals surface area contributed by atoms with Crippen LogP contribution in [0.15, 0.2) is 18.2 Å². The number of methoxy groups -OCH3 is 1. The molecule has 0 bridgehead atoms. The van der Waals surface area contributed by atoms with Crippen LogP contribution in [-0.2, 0) is 0 Å². The number of carbonyl (C=O) groups is 1. The molecule has 5 heteroatoms. The maximum absolute atomic E-state index is 12.5. The molecule has 4 nitrogen and oxygen atoms in total. The first-order valence-electron chi connectivity index (χ1n) is 6.41. The van der Waals surface area contributed by atoms with Gasteiger partial charge >= 0.3 is 0 Å². The molecule has 0 radical (unpaired) electrons. The van der Waals surface area contributed by atoms with Gasteiger partial charge in [0.05, 0.1) is 12.7 Å². The highest BCUT2D eigenvalue weighted by Crippen LogP contribution is 2.26. The van der Waals surface area contributed by atoms with Crippen molar-refractivity contribution in [2.45, 2.75) is 19.4 Å². The van der Waals surface area contributed by atoms with E-state index >= 15 is 0 Å². The number of nitrogens with zero attached hydrogens (tertiary/aromatic N) is 1. The third-order valence-corrected chi connectivity index (χ3v) is 3.89. The maximum atomic E-state index is 12.5. The van der Waals surface area contributed by atoms with Gasteiger partial charge in [0.15, 0.2) is 0 Å². The summed E-state index contributed by atoms with van der Waals surface area (Å²) >= 11 is 5.96. The molecular formula is C14H19ClN2O2. The molecule has 104 valence electrons. The third kappa shape index (κ3) is 3.01. The minimum atomic E-state index is -0.0434. The minimum Gasteiger partial charge on any atom is -0.496 e. The predicted molar refractivity (Wildman–Crippen MR) is 75.7 cm³/mol. The van der Waals surface area contributed by atoms with Crippen LogP contribution >= 0.6 is 11.6 Å². The normalized spacial score (nSPS) is 23.3. The molecule has 2 N–H and O–H groups in total. The van der Waals surface area contributed by atoms with Crippen LogP contribution in [0.4, 0.5) is 0 Å².